The number of aromatic nitrogens is 2. The van der Waals surface area contributed by atoms with Crippen LogP contribution in [0.1, 0.15) is 18.2 Å². The number of nitrogens with zero attached hydrogens (tertiary/aromatic N) is 4. The van der Waals surface area contributed by atoms with E-state index in [2.05, 4.69) is 19.9 Å². The Labute approximate surface area is 115 Å². The molecule has 3 aliphatic rings. The van der Waals surface area contributed by atoms with E-state index in [0.717, 1.165) is 31.7 Å². The molecule has 1 spiro atoms. The van der Waals surface area contributed by atoms with Gasteiger partial charge in [-0.15, -0.1) is 0 Å². The molecule has 100 valence electrons. The predicted molar refractivity (Wildman–Crippen MR) is 69.8 cm³/mol. The van der Waals surface area contributed by atoms with E-state index in [9.17, 15) is 0 Å². The summed E-state index contributed by atoms with van der Waals surface area (Å²) in [5.74, 6) is 0.458. The molecule has 0 amide bonds. The molecule has 1 aromatic heterocycles. The molecule has 0 radical (unpaired) electrons. The number of aliphatic imine (C=N–C) groups is 1. The van der Waals surface area contributed by atoms with Crippen LogP contribution >= 0.6 is 11.6 Å². The lowest BCUT2D eigenvalue weighted by Gasteiger charge is -2.36. The molecule has 7 heteroatoms. The fourth-order valence-electron chi connectivity index (χ4n) is 3.57. The quantitative estimate of drug-likeness (QED) is 0.814. The Bertz CT molecular complexity index is 548. The van der Waals surface area contributed by atoms with Crippen LogP contribution < -0.4 is 5.73 Å². The van der Waals surface area contributed by atoms with Gasteiger partial charge in [0.05, 0.1) is 18.1 Å². The minimum Gasteiger partial charge on any atom is -0.454 e. The predicted octanol–water partition coefficient (Wildman–Crippen LogP) is 0.590. The summed E-state index contributed by atoms with van der Waals surface area (Å²) in [6.45, 7) is 3.05. The minimum atomic E-state index is -0.356. The van der Waals surface area contributed by atoms with E-state index >= 15 is 0 Å². The van der Waals surface area contributed by atoms with Crippen molar-refractivity contribution in [2.45, 2.75) is 18.1 Å². The molecule has 6 nitrogen and oxygen atoms in total. The van der Waals surface area contributed by atoms with Crippen LogP contribution in [0.4, 0.5) is 0 Å². The number of ether oxygens (including phenoxy) is 1. The smallest absolute Gasteiger partial charge is 0.283 e. The SMILES string of the molecule is NC1=NC(c2cnc(Cl)cn2)C2(CN3CCC2C3)O1. The molecule has 2 N–H and O–H groups in total. The number of halogens is 1. The molecule has 3 aliphatic heterocycles. The maximum absolute atomic E-state index is 5.93. The summed E-state index contributed by atoms with van der Waals surface area (Å²) in [4.78, 5) is 15.3. The molecule has 19 heavy (non-hydrogen) atoms. The number of rotatable bonds is 1. The van der Waals surface area contributed by atoms with Gasteiger partial charge in [-0.2, -0.15) is 0 Å². The summed E-state index contributed by atoms with van der Waals surface area (Å²) < 4.78 is 5.93. The molecule has 2 fully saturated rings. The second-order valence-corrected chi connectivity index (χ2v) is 5.80. The van der Waals surface area contributed by atoms with Crippen LogP contribution in [0.25, 0.3) is 0 Å². The number of hydrogen-bond acceptors (Lipinski definition) is 6. The number of hydrogen-bond donors (Lipinski definition) is 1. The van der Waals surface area contributed by atoms with Crippen molar-refractivity contribution in [2.75, 3.05) is 19.6 Å². The van der Waals surface area contributed by atoms with Crippen LogP contribution in [0.2, 0.25) is 5.15 Å². The molecule has 4 atom stereocenters. The molecule has 0 aliphatic carbocycles. The highest BCUT2D eigenvalue weighted by molar-refractivity contribution is 6.29. The van der Waals surface area contributed by atoms with Crippen molar-refractivity contribution in [2.24, 2.45) is 16.6 Å². The van der Waals surface area contributed by atoms with Crippen molar-refractivity contribution in [1.82, 2.24) is 14.9 Å². The van der Waals surface area contributed by atoms with E-state index in [1.165, 1.54) is 0 Å². The zero-order chi connectivity index (χ0) is 13.0. The number of amidine groups is 1. The van der Waals surface area contributed by atoms with Gasteiger partial charge in [-0.25, -0.2) is 9.98 Å². The van der Waals surface area contributed by atoms with Crippen LogP contribution in [0, 0.1) is 5.92 Å². The van der Waals surface area contributed by atoms with Crippen LogP contribution in [-0.4, -0.2) is 46.1 Å². The molecule has 0 saturated carbocycles. The van der Waals surface area contributed by atoms with Gasteiger partial charge in [0.15, 0.2) is 5.60 Å². The normalized spacial score (nSPS) is 39.6. The highest BCUT2D eigenvalue weighted by atomic mass is 35.5. The molecule has 4 rings (SSSR count). The van der Waals surface area contributed by atoms with E-state index in [1.54, 1.807) is 12.4 Å². The van der Waals surface area contributed by atoms with Gasteiger partial charge in [0.1, 0.15) is 11.2 Å². The number of nitrogens with two attached hydrogens (primary N) is 1. The van der Waals surface area contributed by atoms with Crippen molar-refractivity contribution < 1.29 is 4.74 Å². The summed E-state index contributed by atoms with van der Waals surface area (Å²) in [5.41, 5.74) is 6.23. The van der Waals surface area contributed by atoms with Gasteiger partial charge in [0.25, 0.3) is 6.02 Å². The zero-order valence-electron chi connectivity index (χ0n) is 10.3. The largest absolute Gasteiger partial charge is 0.454 e. The van der Waals surface area contributed by atoms with Crippen molar-refractivity contribution in [3.05, 3.63) is 23.2 Å². The minimum absolute atomic E-state index is 0.174. The lowest BCUT2D eigenvalue weighted by Crippen LogP contribution is -2.47. The van der Waals surface area contributed by atoms with E-state index < -0.39 is 0 Å². The Morgan fingerprint density at radius 1 is 1.42 bits per heavy atom. The van der Waals surface area contributed by atoms with Crippen LogP contribution in [0.5, 0.6) is 0 Å². The number of piperidine rings is 1. The summed E-state index contributed by atoms with van der Waals surface area (Å²) in [6.07, 6.45) is 4.34. The van der Waals surface area contributed by atoms with Gasteiger partial charge >= 0.3 is 0 Å². The van der Waals surface area contributed by atoms with E-state index in [4.69, 9.17) is 22.1 Å². The summed E-state index contributed by atoms with van der Waals surface area (Å²) in [7, 11) is 0. The average Bonchev–Trinajstić information content (AvgIpc) is 3.05. The summed E-state index contributed by atoms with van der Waals surface area (Å²) in [5, 5.41) is 0.380. The molecule has 0 aromatic carbocycles. The van der Waals surface area contributed by atoms with E-state index in [1.807, 2.05) is 0 Å². The summed E-state index contributed by atoms with van der Waals surface area (Å²) >= 11 is 5.79. The van der Waals surface area contributed by atoms with Crippen molar-refractivity contribution >= 4 is 17.6 Å². The third-order valence-electron chi connectivity index (χ3n) is 4.37. The standard InChI is InChI=1S/C12H14ClN5O/c13-9-4-15-8(3-16-9)10-12(19-11(14)17-10)6-18-2-1-7(12)5-18/h3-4,7,10H,1-2,5-6H2,(H2,14,17). The topological polar surface area (TPSA) is 76.6 Å². The lowest BCUT2D eigenvalue weighted by molar-refractivity contribution is 0.00573. The average molecular weight is 280 g/mol. The fraction of sp³-hybridized carbons (Fsp3) is 0.583. The molecule has 4 heterocycles. The second-order valence-electron chi connectivity index (χ2n) is 5.41. The molecular formula is C12H14ClN5O. The lowest BCUT2D eigenvalue weighted by atomic mass is 9.80. The molecular weight excluding hydrogens is 266 g/mol. The third kappa shape index (κ3) is 1.56. The maximum Gasteiger partial charge on any atom is 0.283 e. The van der Waals surface area contributed by atoms with Gasteiger partial charge in [-0.1, -0.05) is 11.6 Å². The Balaban J connectivity index is 1.74. The highest BCUT2D eigenvalue weighted by Crippen LogP contribution is 2.50. The molecule has 2 bridgehead atoms. The van der Waals surface area contributed by atoms with Gasteiger partial charge in [-0.3, -0.25) is 9.88 Å². The highest BCUT2D eigenvalue weighted by Gasteiger charge is 2.60. The molecule has 1 aromatic rings. The first kappa shape index (κ1) is 11.4. The van der Waals surface area contributed by atoms with E-state index in [0.29, 0.717) is 11.1 Å². The Morgan fingerprint density at radius 2 is 2.32 bits per heavy atom. The van der Waals surface area contributed by atoms with Crippen molar-refractivity contribution in [3.8, 4) is 0 Å². The maximum atomic E-state index is 5.93. The Hall–Kier alpha value is -1.40. The first-order valence-electron chi connectivity index (χ1n) is 6.39. The zero-order valence-corrected chi connectivity index (χ0v) is 11.0. The fourth-order valence-corrected chi connectivity index (χ4v) is 3.67. The van der Waals surface area contributed by atoms with Gasteiger partial charge in [0, 0.05) is 19.0 Å². The van der Waals surface area contributed by atoms with Crippen molar-refractivity contribution in [3.63, 3.8) is 0 Å². The number of fused-ring (bicyclic) bond motifs is 3. The van der Waals surface area contributed by atoms with Crippen LogP contribution in [0.15, 0.2) is 17.4 Å². The van der Waals surface area contributed by atoms with Gasteiger partial charge in [0.2, 0.25) is 0 Å². The first-order valence-corrected chi connectivity index (χ1v) is 6.77. The van der Waals surface area contributed by atoms with Gasteiger partial charge in [-0.05, 0) is 13.0 Å². The monoisotopic (exact) mass is 279 g/mol. The summed E-state index contributed by atoms with van der Waals surface area (Å²) in [6, 6.07) is 0.0862. The van der Waals surface area contributed by atoms with Crippen molar-refractivity contribution in [1.29, 1.82) is 0 Å². The Morgan fingerprint density at radius 3 is 2.95 bits per heavy atom. The second kappa shape index (κ2) is 3.80. The molecule has 4 unspecified atom stereocenters. The Kier molecular flexibility index (Phi) is 2.29. The third-order valence-corrected chi connectivity index (χ3v) is 4.56. The van der Waals surface area contributed by atoms with Crippen LogP contribution in [0.3, 0.4) is 0 Å². The van der Waals surface area contributed by atoms with Crippen LogP contribution in [-0.2, 0) is 4.74 Å². The van der Waals surface area contributed by atoms with E-state index in [-0.39, 0.29) is 17.7 Å². The molecule has 2 saturated heterocycles. The first-order chi connectivity index (χ1) is 9.17. The van der Waals surface area contributed by atoms with Gasteiger partial charge < -0.3 is 10.5 Å².